The second-order valence-corrected chi connectivity index (χ2v) is 6.18. The van der Waals surface area contributed by atoms with Gasteiger partial charge in [-0.15, -0.1) is 0 Å². The quantitative estimate of drug-likeness (QED) is 0.590. The molecule has 0 unspecified atom stereocenters. The minimum atomic E-state index is -0.0434. The first-order valence-corrected chi connectivity index (χ1v) is 9.28. The average molecular weight is 332 g/mol. The van der Waals surface area contributed by atoms with Gasteiger partial charge in [-0.25, -0.2) is 4.98 Å². The Morgan fingerprint density at radius 3 is 2.70 bits per heavy atom. The van der Waals surface area contributed by atoms with Crippen molar-refractivity contribution in [1.29, 1.82) is 0 Å². The second kappa shape index (κ2) is 8.77. The Bertz CT molecular complexity index is 698. The molecule has 23 heavy (non-hydrogen) atoms. The minimum Gasteiger partial charge on any atom is -0.493 e. The van der Waals surface area contributed by atoms with E-state index < -0.39 is 0 Å². The largest absolute Gasteiger partial charge is 0.493 e. The molecule has 0 aliphatic carbocycles. The summed E-state index contributed by atoms with van der Waals surface area (Å²) >= 11 is 1.46. The van der Waals surface area contributed by atoms with Crippen LogP contribution >= 0.6 is 11.8 Å². The Labute approximate surface area is 141 Å². The normalized spacial score (nSPS) is 10.7. The number of hydrogen-bond acceptors (Lipinski definition) is 4. The lowest BCUT2D eigenvalue weighted by Crippen LogP contribution is -2.19. The van der Waals surface area contributed by atoms with Crippen LogP contribution in [-0.4, -0.2) is 22.8 Å². The number of rotatable bonds is 8. The zero-order chi connectivity index (χ0) is 16.7. The summed E-state index contributed by atoms with van der Waals surface area (Å²) in [4.78, 5) is 19.9. The first kappa shape index (κ1) is 17.6. The van der Waals surface area contributed by atoms with Crippen LogP contribution in [-0.2, 0) is 12.8 Å². The van der Waals surface area contributed by atoms with E-state index in [1.807, 2.05) is 30.5 Å². The monoisotopic (exact) mass is 332 g/mol. The molecular weight excluding hydrogens is 308 g/mol. The Hall–Kier alpha value is -1.75. The highest BCUT2D eigenvalue weighted by molar-refractivity contribution is 7.98. The predicted molar refractivity (Wildman–Crippen MR) is 95.7 cm³/mol. The van der Waals surface area contributed by atoms with Crippen molar-refractivity contribution in [3.05, 3.63) is 51.4 Å². The first-order chi connectivity index (χ1) is 11.2. The molecule has 0 atom stereocenters. The van der Waals surface area contributed by atoms with Crippen LogP contribution in [0.4, 0.5) is 0 Å². The van der Waals surface area contributed by atoms with Crippen molar-refractivity contribution in [1.82, 2.24) is 9.97 Å². The molecule has 1 heterocycles. The molecule has 0 saturated carbocycles. The Morgan fingerprint density at radius 2 is 2.00 bits per heavy atom. The molecule has 0 spiro atoms. The number of benzene rings is 1. The third kappa shape index (κ3) is 4.61. The average Bonchev–Trinajstić information content (AvgIpc) is 2.56. The highest BCUT2D eigenvalue weighted by atomic mass is 32.2. The molecule has 0 bridgehead atoms. The number of aromatic nitrogens is 2. The van der Waals surface area contributed by atoms with Crippen LogP contribution in [0.25, 0.3) is 0 Å². The Morgan fingerprint density at radius 1 is 1.22 bits per heavy atom. The Balaban J connectivity index is 2.38. The molecule has 0 amide bonds. The third-order valence-electron chi connectivity index (χ3n) is 3.56. The summed E-state index contributed by atoms with van der Waals surface area (Å²) < 4.78 is 5.81. The van der Waals surface area contributed by atoms with Gasteiger partial charge in [0.2, 0.25) is 0 Å². The van der Waals surface area contributed by atoms with E-state index >= 15 is 0 Å². The molecule has 0 saturated heterocycles. The van der Waals surface area contributed by atoms with Gasteiger partial charge in [-0.2, -0.15) is 0 Å². The van der Waals surface area contributed by atoms with E-state index in [-0.39, 0.29) is 5.56 Å². The maximum absolute atomic E-state index is 12.5. The SMILES string of the molecule is CCCOc1ccccc1Cc1c(CCC)nc(SC)[nH]c1=O. The van der Waals surface area contributed by atoms with Crippen LogP contribution in [0.1, 0.15) is 43.5 Å². The number of aromatic amines is 1. The molecule has 2 rings (SSSR count). The van der Waals surface area contributed by atoms with Gasteiger partial charge in [0.15, 0.2) is 5.16 Å². The van der Waals surface area contributed by atoms with Crippen molar-refractivity contribution in [3.8, 4) is 5.75 Å². The molecule has 1 N–H and O–H groups in total. The standard InChI is InChI=1S/C18H24N2O2S/c1-4-8-15-14(17(21)20-18(19-15)23-3)12-13-9-6-7-10-16(13)22-11-5-2/h6-7,9-10H,4-5,8,11-12H2,1-3H3,(H,19,20,21). The lowest BCUT2D eigenvalue weighted by molar-refractivity contribution is 0.314. The maximum atomic E-state index is 12.5. The van der Waals surface area contributed by atoms with Crippen LogP contribution in [0.3, 0.4) is 0 Å². The fraction of sp³-hybridized carbons (Fsp3) is 0.444. The summed E-state index contributed by atoms with van der Waals surface area (Å²) in [6, 6.07) is 7.91. The summed E-state index contributed by atoms with van der Waals surface area (Å²) in [6.07, 6.45) is 5.20. The number of nitrogens with zero attached hydrogens (tertiary/aromatic N) is 1. The van der Waals surface area contributed by atoms with Gasteiger partial charge in [-0.3, -0.25) is 4.79 Å². The molecule has 0 aliphatic heterocycles. The molecule has 0 fully saturated rings. The molecule has 0 radical (unpaired) electrons. The molecule has 2 aromatic rings. The fourth-order valence-electron chi connectivity index (χ4n) is 2.44. The van der Waals surface area contributed by atoms with E-state index in [4.69, 9.17) is 4.74 Å². The van der Waals surface area contributed by atoms with Crippen molar-refractivity contribution in [2.24, 2.45) is 0 Å². The number of ether oxygens (including phenoxy) is 1. The topological polar surface area (TPSA) is 55.0 Å². The molecule has 4 nitrogen and oxygen atoms in total. The zero-order valence-electron chi connectivity index (χ0n) is 14.0. The van der Waals surface area contributed by atoms with Gasteiger partial charge in [0.05, 0.1) is 12.3 Å². The van der Waals surface area contributed by atoms with Gasteiger partial charge < -0.3 is 9.72 Å². The van der Waals surface area contributed by atoms with Crippen molar-refractivity contribution in [2.75, 3.05) is 12.9 Å². The Kier molecular flexibility index (Phi) is 6.71. The molecule has 1 aromatic carbocycles. The van der Waals surface area contributed by atoms with Gasteiger partial charge in [-0.1, -0.05) is 50.2 Å². The molecular formula is C18H24N2O2S. The van der Waals surface area contributed by atoms with E-state index in [0.717, 1.165) is 41.8 Å². The lowest BCUT2D eigenvalue weighted by atomic mass is 10.0. The van der Waals surface area contributed by atoms with Crippen LogP contribution in [0.5, 0.6) is 5.75 Å². The van der Waals surface area contributed by atoms with Crippen molar-refractivity contribution >= 4 is 11.8 Å². The highest BCUT2D eigenvalue weighted by Gasteiger charge is 2.14. The number of H-pyrrole nitrogens is 1. The molecule has 1 aromatic heterocycles. The highest BCUT2D eigenvalue weighted by Crippen LogP contribution is 2.22. The molecule has 124 valence electrons. The molecule has 5 heteroatoms. The summed E-state index contributed by atoms with van der Waals surface area (Å²) in [5.74, 6) is 0.852. The van der Waals surface area contributed by atoms with Gasteiger partial charge >= 0.3 is 0 Å². The number of para-hydroxylation sites is 1. The van der Waals surface area contributed by atoms with Gasteiger partial charge in [0.1, 0.15) is 5.75 Å². The van der Waals surface area contributed by atoms with Crippen LogP contribution in [0.15, 0.2) is 34.2 Å². The minimum absolute atomic E-state index is 0.0434. The maximum Gasteiger partial charge on any atom is 0.255 e. The number of nitrogens with one attached hydrogen (secondary N) is 1. The van der Waals surface area contributed by atoms with Crippen molar-refractivity contribution in [2.45, 2.75) is 44.7 Å². The summed E-state index contributed by atoms with van der Waals surface area (Å²) in [5, 5.41) is 0.678. The summed E-state index contributed by atoms with van der Waals surface area (Å²) in [7, 11) is 0. The third-order valence-corrected chi connectivity index (χ3v) is 4.14. The smallest absolute Gasteiger partial charge is 0.255 e. The van der Waals surface area contributed by atoms with Crippen molar-refractivity contribution < 1.29 is 4.74 Å². The number of aryl methyl sites for hydroxylation is 1. The zero-order valence-corrected chi connectivity index (χ0v) is 14.8. The summed E-state index contributed by atoms with van der Waals surface area (Å²) in [6.45, 7) is 4.86. The van der Waals surface area contributed by atoms with Crippen molar-refractivity contribution in [3.63, 3.8) is 0 Å². The van der Waals surface area contributed by atoms with Crippen LogP contribution in [0.2, 0.25) is 0 Å². The number of hydrogen-bond donors (Lipinski definition) is 1. The van der Waals surface area contributed by atoms with E-state index in [0.29, 0.717) is 18.2 Å². The van der Waals surface area contributed by atoms with E-state index in [9.17, 15) is 4.79 Å². The lowest BCUT2D eigenvalue weighted by Gasteiger charge is -2.13. The van der Waals surface area contributed by atoms with E-state index in [1.54, 1.807) is 0 Å². The van der Waals surface area contributed by atoms with Gasteiger partial charge in [-0.05, 0) is 30.7 Å². The van der Waals surface area contributed by atoms with E-state index in [1.165, 1.54) is 11.8 Å². The summed E-state index contributed by atoms with van der Waals surface area (Å²) in [5.41, 5.74) is 2.63. The number of thioether (sulfide) groups is 1. The fourth-order valence-corrected chi connectivity index (χ4v) is 2.83. The van der Waals surface area contributed by atoms with E-state index in [2.05, 4.69) is 23.8 Å². The van der Waals surface area contributed by atoms with Crippen LogP contribution in [0, 0.1) is 0 Å². The predicted octanol–water partition coefficient (Wildman–Crippen LogP) is 3.82. The first-order valence-electron chi connectivity index (χ1n) is 8.06. The van der Waals surface area contributed by atoms with Gasteiger partial charge in [0, 0.05) is 12.0 Å². The van der Waals surface area contributed by atoms with Crippen LogP contribution < -0.4 is 10.3 Å². The molecule has 0 aliphatic rings. The second-order valence-electron chi connectivity index (χ2n) is 5.38. The van der Waals surface area contributed by atoms with Gasteiger partial charge in [0.25, 0.3) is 5.56 Å².